The van der Waals surface area contributed by atoms with Gasteiger partial charge >= 0.3 is 0 Å². The van der Waals surface area contributed by atoms with E-state index in [0.717, 1.165) is 80.5 Å². The number of rotatable bonds is 8. The van der Waals surface area contributed by atoms with Gasteiger partial charge < -0.3 is 14.6 Å². The molecule has 3 heterocycles. The van der Waals surface area contributed by atoms with Gasteiger partial charge in [-0.05, 0) is 49.4 Å². The maximum absolute atomic E-state index is 13.2. The zero-order chi connectivity index (χ0) is 20.8. The second-order valence-electron chi connectivity index (χ2n) is 8.19. The molecule has 0 bridgehead atoms. The number of nitrogens with one attached hydrogen (secondary N) is 1. The van der Waals surface area contributed by atoms with Gasteiger partial charge in [-0.2, -0.15) is 0 Å². The van der Waals surface area contributed by atoms with Crippen LogP contribution < -0.4 is 5.32 Å². The Morgan fingerprint density at radius 3 is 2.67 bits per heavy atom. The van der Waals surface area contributed by atoms with E-state index in [-0.39, 0.29) is 11.9 Å². The van der Waals surface area contributed by atoms with E-state index in [1.165, 1.54) is 5.56 Å². The minimum Gasteiger partial charge on any atom is -0.460 e. The molecule has 158 valence electrons. The van der Waals surface area contributed by atoms with Gasteiger partial charge in [0, 0.05) is 49.9 Å². The Balaban J connectivity index is 1.35. The summed E-state index contributed by atoms with van der Waals surface area (Å²) in [4.78, 5) is 19.7. The molecule has 2 aromatic heterocycles. The fourth-order valence-corrected chi connectivity index (χ4v) is 4.25. The summed E-state index contributed by atoms with van der Waals surface area (Å²) in [7, 11) is 0. The van der Waals surface area contributed by atoms with Crippen molar-refractivity contribution in [1.29, 1.82) is 0 Å². The Labute approximate surface area is 178 Å². The highest BCUT2D eigenvalue weighted by Gasteiger charge is 2.25. The monoisotopic (exact) mass is 405 g/mol. The molecule has 0 radical (unpaired) electrons. The molecular weight excluding hydrogens is 374 g/mol. The van der Waals surface area contributed by atoms with Gasteiger partial charge in [-0.25, -0.2) is 0 Å². The first-order chi connectivity index (χ1) is 14.7. The summed E-state index contributed by atoms with van der Waals surface area (Å²) in [5, 5.41) is 4.22. The number of carbonyl (C=O) groups excluding carboxylic acids is 1. The molecule has 0 aliphatic carbocycles. The summed E-state index contributed by atoms with van der Waals surface area (Å²) in [6.45, 7) is 5.25. The lowest BCUT2D eigenvalue weighted by atomic mass is 10.0. The van der Waals surface area contributed by atoms with Crippen molar-refractivity contribution in [2.45, 2.75) is 51.5 Å². The normalized spacial score (nSPS) is 15.5. The molecule has 1 N–H and O–H groups in total. The predicted octanol–water partition coefficient (Wildman–Crippen LogP) is 4.61. The zero-order valence-electron chi connectivity index (χ0n) is 17.8. The largest absolute Gasteiger partial charge is 0.460 e. The second-order valence-corrected chi connectivity index (χ2v) is 8.19. The van der Waals surface area contributed by atoms with Crippen molar-refractivity contribution >= 4 is 16.9 Å². The van der Waals surface area contributed by atoms with Crippen LogP contribution in [0.4, 0.5) is 0 Å². The van der Waals surface area contributed by atoms with E-state index >= 15 is 0 Å². The lowest BCUT2D eigenvalue weighted by Gasteiger charge is -2.32. The molecule has 0 unspecified atom stereocenters. The smallest absolute Gasteiger partial charge is 0.255 e. The number of furan rings is 1. The standard InChI is InChI=1S/C25H31N3O2/c1-2-3-7-23-24(21-6-4-5-8-22(21)30-23)25(29)27-20-12-17-28(18-13-20)16-11-19-9-14-26-15-10-19/h4-6,8-10,14-15,20H,2-3,7,11-13,16-18H2,1H3,(H,27,29). The molecular formula is C25H31N3O2. The van der Waals surface area contributed by atoms with Gasteiger partial charge in [-0.3, -0.25) is 9.78 Å². The molecule has 1 aliphatic heterocycles. The number of aromatic nitrogens is 1. The van der Waals surface area contributed by atoms with Gasteiger partial charge in [0.2, 0.25) is 0 Å². The number of unbranched alkanes of at least 4 members (excludes halogenated alkanes) is 1. The van der Waals surface area contributed by atoms with Crippen molar-refractivity contribution in [3.8, 4) is 0 Å². The third-order valence-corrected chi connectivity index (χ3v) is 6.04. The minimum absolute atomic E-state index is 0.0151. The molecule has 4 rings (SSSR count). The number of carbonyl (C=O) groups is 1. The van der Waals surface area contributed by atoms with Crippen molar-refractivity contribution in [3.63, 3.8) is 0 Å². The lowest BCUT2D eigenvalue weighted by Crippen LogP contribution is -2.45. The van der Waals surface area contributed by atoms with Gasteiger partial charge in [0.05, 0.1) is 5.56 Å². The highest BCUT2D eigenvalue weighted by atomic mass is 16.3. The minimum atomic E-state index is 0.0151. The van der Waals surface area contributed by atoms with Gasteiger partial charge in [0.25, 0.3) is 5.91 Å². The number of benzene rings is 1. The number of aryl methyl sites for hydroxylation is 1. The Hall–Kier alpha value is -2.66. The average Bonchev–Trinajstić information content (AvgIpc) is 3.16. The number of piperidine rings is 1. The first-order valence-corrected chi connectivity index (χ1v) is 11.2. The molecule has 1 amide bonds. The van der Waals surface area contributed by atoms with E-state index in [4.69, 9.17) is 4.42 Å². The van der Waals surface area contributed by atoms with Gasteiger partial charge in [-0.15, -0.1) is 0 Å². The van der Waals surface area contributed by atoms with E-state index in [2.05, 4.69) is 34.3 Å². The quantitative estimate of drug-likeness (QED) is 0.595. The molecule has 5 heteroatoms. The van der Waals surface area contributed by atoms with Gasteiger partial charge in [-0.1, -0.05) is 31.5 Å². The van der Waals surface area contributed by atoms with Crippen molar-refractivity contribution in [2.75, 3.05) is 19.6 Å². The van der Waals surface area contributed by atoms with Crippen molar-refractivity contribution in [3.05, 3.63) is 65.7 Å². The molecule has 0 spiro atoms. The Morgan fingerprint density at radius 2 is 1.90 bits per heavy atom. The number of nitrogens with zero attached hydrogens (tertiary/aromatic N) is 2. The number of amides is 1. The van der Waals surface area contributed by atoms with Crippen LogP contribution in [0.5, 0.6) is 0 Å². The SMILES string of the molecule is CCCCc1oc2ccccc2c1C(=O)NC1CCN(CCc2ccncc2)CC1. The van der Waals surface area contributed by atoms with Crippen LogP contribution in [-0.2, 0) is 12.8 Å². The van der Waals surface area contributed by atoms with E-state index in [1.54, 1.807) is 0 Å². The third-order valence-electron chi connectivity index (χ3n) is 6.04. The van der Waals surface area contributed by atoms with Crippen molar-refractivity contribution < 1.29 is 9.21 Å². The fourth-order valence-electron chi connectivity index (χ4n) is 4.25. The maximum atomic E-state index is 13.2. The van der Waals surface area contributed by atoms with Crippen LogP contribution in [0.1, 0.15) is 54.3 Å². The highest BCUT2D eigenvalue weighted by molar-refractivity contribution is 6.07. The molecule has 3 aromatic rings. The average molecular weight is 406 g/mol. The molecule has 30 heavy (non-hydrogen) atoms. The van der Waals surface area contributed by atoms with Crippen LogP contribution in [-0.4, -0.2) is 41.5 Å². The van der Waals surface area contributed by atoms with E-state index in [0.29, 0.717) is 0 Å². The maximum Gasteiger partial charge on any atom is 0.255 e. The number of fused-ring (bicyclic) bond motifs is 1. The van der Waals surface area contributed by atoms with Crippen molar-refractivity contribution in [1.82, 2.24) is 15.2 Å². The summed E-state index contributed by atoms with van der Waals surface area (Å²) < 4.78 is 6.03. The first kappa shape index (κ1) is 20.6. The number of hydrogen-bond donors (Lipinski definition) is 1. The zero-order valence-corrected chi connectivity index (χ0v) is 17.8. The summed E-state index contributed by atoms with van der Waals surface area (Å²) in [5.74, 6) is 0.839. The Morgan fingerprint density at radius 1 is 1.13 bits per heavy atom. The molecule has 1 saturated heterocycles. The van der Waals surface area contributed by atoms with Crippen LogP contribution in [0, 0.1) is 0 Å². The second kappa shape index (κ2) is 9.90. The van der Waals surface area contributed by atoms with Gasteiger partial charge in [0.1, 0.15) is 11.3 Å². The number of likely N-dealkylation sites (tertiary alicyclic amines) is 1. The molecule has 1 fully saturated rings. The Bertz CT molecular complexity index is 959. The molecule has 1 aromatic carbocycles. The summed E-state index contributed by atoms with van der Waals surface area (Å²) in [6.07, 6.45) is 9.63. The third kappa shape index (κ3) is 4.90. The van der Waals surface area contributed by atoms with Crippen LogP contribution in [0.15, 0.2) is 53.2 Å². The lowest BCUT2D eigenvalue weighted by molar-refractivity contribution is 0.0911. The van der Waals surface area contributed by atoms with E-state index < -0.39 is 0 Å². The van der Waals surface area contributed by atoms with Crippen LogP contribution >= 0.6 is 0 Å². The number of pyridine rings is 1. The predicted molar refractivity (Wildman–Crippen MR) is 120 cm³/mol. The van der Waals surface area contributed by atoms with Crippen LogP contribution in [0.3, 0.4) is 0 Å². The summed E-state index contributed by atoms with van der Waals surface area (Å²) in [6, 6.07) is 12.3. The number of hydrogen-bond acceptors (Lipinski definition) is 4. The van der Waals surface area contributed by atoms with Gasteiger partial charge in [0.15, 0.2) is 0 Å². The molecule has 0 atom stereocenters. The fraction of sp³-hybridized carbons (Fsp3) is 0.440. The molecule has 5 nitrogen and oxygen atoms in total. The summed E-state index contributed by atoms with van der Waals surface area (Å²) in [5.41, 5.74) is 2.87. The van der Waals surface area contributed by atoms with E-state index in [1.807, 2.05) is 36.7 Å². The van der Waals surface area contributed by atoms with E-state index in [9.17, 15) is 4.79 Å². The first-order valence-electron chi connectivity index (χ1n) is 11.2. The summed E-state index contributed by atoms with van der Waals surface area (Å²) >= 11 is 0. The topological polar surface area (TPSA) is 58.4 Å². The van der Waals surface area contributed by atoms with Crippen LogP contribution in [0.2, 0.25) is 0 Å². The van der Waals surface area contributed by atoms with Crippen LogP contribution in [0.25, 0.3) is 11.0 Å². The highest BCUT2D eigenvalue weighted by Crippen LogP contribution is 2.27. The Kier molecular flexibility index (Phi) is 6.80. The molecule has 0 saturated carbocycles. The van der Waals surface area contributed by atoms with Crippen molar-refractivity contribution in [2.24, 2.45) is 0 Å². The number of para-hydroxylation sites is 1. The molecule has 1 aliphatic rings.